The molecule has 4 heteroatoms. The zero-order valence-corrected chi connectivity index (χ0v) is 8.69. The van der Waals surface area contributed by atoms with Crippen LogP contribution in [-0.4, -0.2) is 49.3 Å². The van der Waals surface area contributed by atoms with Gasteiger partial charge in [-0.3, -0.25) is 4.90 Å². The van der Waals surface area contributed by atoms with E-state index >= 15 is 0 Å². The first-order valence-electron chi connectivity index (χ1n) is 5.20. The van der Waals surface area contributed by atoms with Crippen molar-refractivity contribution in [1.82, 2.24) is 9.88 Å². The van der Waals surface area contributed by atoms with Crippen LogP contribution in [0.25, 0.3) is 0 Å². The molecule has 0 atom stereocenters. The van der Waals surface area contributed by atoms with Crippen LogP contribution in [0.3, 0.4) is 0 Å². The van der Waals surface area contributed by atoms with Gasteiger partial charge in [0.05, 0.1) is 13.2 Å². The van der Waals surface area contributed by atoms with E-state index in [1.54, 1.807) is 12.3 Å². The summed E-state index contributed by atoms with van der Waals surface area (Å²) in [5.74, 6) is 0.669. The Morgan fingerprint density at radius 1 is 1.47 bits per heavy atom. The summed E-state index contributed by atoms with van der Waals surface area (Å²) < 4.78 is 10.8. The molecule has 15 heavy (non-hydrogen) atoms. The molecule has 2 rings (SSSR count). The molecule has 1 aromatic rings. The Morgan fingerprint density at radius 2 is 2.33 bits per heavy atom. The van der Waals surface area contributed by atoms with Gasteiger partial charge in [-0.05, 0) is 6.07 Å². The van der Waals surface area contributed by atoms with Gasteiger partial charge in [-0.2, -0.15) is 0 Å². The number of nitrogens with zero attached hydrogens (tertiary/aromatic N) is 2. The van der Waals surface area contributed by atoms with Gasteiger partial charge in [0.1, 0.15) is 6.61 Å². The van der Waals surface area contributed by atoms with Crippen LogP contribution in [0, 0.1) is 6.07 Å². The average Bonchev–Trinajstić information content (AvgIpc) is 2.32. The molecule has 0 N–H and O–H groups in total. The molecule has 4 nitrogen and oxygen atoms in total. The first kappa shape index (κ1) is 10.4. The van der Waals surface area contributed by atoms with Crippen molar-refractivity contribution in [2.45, 2.75) is 0 Å². The van der Waals surface area contributed by atoms with Crippen molar-refractivity contribution in [2.75, 3.05) is 39.5 Å². The lowest BCUT2D eigenvalue weighted by molar-refractivity contribution is 0.0320. The minimum absolute atomic E-state index is 0.669. The second kappa shape index (κ2) is 5.68. The first-order valence-corrected chi connectivity index (χ1v) is 5.20. The molecule has 0 spiro atoms. The molecule has 81 valence electrons. The molecule has 1 radical (unpaired) electrons. The molecule has 1 aliphatic rings. The highest BCUT2D eigenvalue weighted by atomic mass is 16.5. The fraction of sp³-hybridized carbons (Fsp3) is 0.545. The Labute approximate surface area is 89.8 Å². The lowest BCUT2D eigenvalue weighted by Crippen LogP contribution is -2.38. The van der Waals surface area contributed by atoms with Gasteiger partial charge in [0, 0.05) is 38.0 Å². The van der Waals surface area contributed by atoms with Gasteiger partial charge in [0.25, 0.3) is 0 Å². The third-order valence-electron chi connectivity index (χ3n) is 2.35. The van der Waals surface area contributed by atoms with Gasteiger partial charge in [0.2, 0.25) is 5.88 Å². The topological polar surface area (TPSA) is 34.6 Å². The highest BCUT2D eigenvalue weighted by molar-refractivity contribution is 5.08. The van der Waals surface area contributed by atoms with Crippen LogP contribution >= 0.6 is 0 Å². The first-order chi connectivity index (χ1) is 7.45. The number of morpholine rings is 1. The Balaban J connectivity index is 1.66. The van der Waals surface area contributed by atoms with Gasteiger partial charge in [0.15, 0.2) is 0 Å². The van der Waals surface area contributed by atoms with E-state index in [2.05, 4.69) is 16.0 Å². The molecular weight excluding hydrogens is 192 g/mol. The molecule has 1 fully saturated rings. The van der Waals surface area contributed by atoms with Crippen molar-refractivity contribution < 1.29 is 9.47 Å². The normalized spacial score (nSPS) is 17.6. The van der Waals surface area contributed by atoms with Crippen LogP contribution in [0.4, 0.5) is 0 Å². The largest absolute Gasteiger partial charge is 0.476 e. The van der Waals surface area contributed by atoms with E-state index in [1.807, 2.05) is 6.07 Å². The molecule has 0 aromatic carbocycles. The van der Waals surface area contributed by atoms with Gasteiger partial charge < -0.3 is 9.47 Å². The standard InChI is InChI=1S/C11H15N2O2/c1-2-4-12-11(3-1)15-10-7-13-5-8-14-9-6-13/h1,3-4H,5-10H2. The summed E-state index contributed by atoms with van der Waals surface area (Å²) in [6.45, 7) is 5.27. The second-order valence-corrected chi connectivity index (χ2v) is 3.40. The smallest absolute Gasteiger partial charge is 0.213 e. The van der Waals surface area contributed by atoms with Crippen LogP contribution in [0.2, 0.25) is 0 Å². The molecule has 0 bridgehead atoms. The van der Waals surface area contributed by atoms with E-state index in [9.17, 15) is 0 Å². The van der Waals surface area contributed by atoms with Gasteiger partial charge >= 0.3 is 0 Å². The summed E-state index contributed by atoms with van der Waals surface area (Å²) in [7, 11) is 0. The number of aromatic nitrogens is 1. The second-order valence-electron chi connectivity index (χ2n) is 3.40. The Kier molecular flexibility index (Phi) is 3.93. The van der Waals surface area contributed by atoms with E-state index in [4.69, 9.17) is 9.47 Å². The maximum atomic E-state index is 5.50. The van der Waals surface area contributed by atoms with Crippen LogP contribution < -0.4 is 4.74 Å². The highest BCUT2D eigenvalue weighted by Gasteiger charge is 2.09. The van der Waals surface area contributed by atoms with Crippen molar-refractivity contribution in [2.24, 2.45) is 0 Å². The van der Waals surface area contributed by atoms with E-state index < -0.39 is 0 Å². The number of rotatable bonds is 4. The predicted molar refractivity (Wildman–Crippen MR) is 55.8 cm³/mol. The van der Waals surface area contributed by atoms with Crippen molar-refractivity contribution >= 4 is 0 Å². The van der Waals surface area contributed by atoms with E-state index in [0.717, 1.165) is 32.8 Å². The number of ether oxygens (including phenoxy) is 2. The molecule has 1 aliphatic heterocycles. The molecule has 0 aliphatic carbocycles. The van der Waals surface area contributed by atoms with E-state index in [1.165, 1.54) is 0 Å². The number of hydrogen-bond acceptors (Lipinski definition) is 4. The average molecular weight is 207 g/mol. The summed E-state index contributed by atoms with van der Waals surface area (Å²) in [6, 6.07) is 6.48. The van der Waals surface area contributed by atoms with Crippen LogP contribution in [0.5, 0.6) is 5.88 Å². The van der Waals surface area contributed by atoms with Crippen LogP contribution in [-0.2, 0) is 4.74 Å². The summed E-state index contributed by atoms with van der Waals surface area (Å²) in [6.07, 6.45) is 1.62. The van der Waals surface area contributed by atoms with Gasteiger partial charge in [-0.15, -0.1) is 0 Å². The van der Waals surface area contributed by atoms with Crippen molar-refractivity contribution in [3.8, 4) is 5.88 Å². The molecule has 0 unspecified atom stereocenters. The van der Waals surface area contributed by atoms with Gasteiger partial charge in [-0.1, -0.05) is 0 Å². The van der Waals surface area contributed by atoms with E-state index in [0.29, 0.717) is 12.5 Å². The SMILES string of the molecule is [c]1ccc(OCCN2CCOCC2)nc1. The molecule has 1 aromatic heterocycles. The lowest BCUT2D eigenvalue weighted by atomic mass is 10.4. The summed E-state index contributed by atoms with van der Waals surface area (Å²) in [5, 5.41) is 0. The zero-order valence-electron chi connectivity index (χ0n) is 8.69. The maximum absolute atomic E-state index is 5.50. The molecule has 0 saturated carbocycles. The fourth-order valence-electron chi connectivity index (χ4n) is 1.50. The minimum atomic E-state index is 0.669. The molecular formula is C11H15N2O2. The monoisotopic (exact) mass is 207 g/mol. The fourth-order valence-corrected chi connectivity index (χ4v) is 1.50. The van der Waals surface area contributed by atoms with Crippen molar-refractivity contribution in [3.63, 3.8) is 0 Å². The summed E-state index contributed by atoms with van der Waals surface area (Å²) in [4.78, 5) is 6.37. The third kappa shape index (κ3) is 3.49. The maximum Gasteiger partial charge on any atom is 0.213 e. The van der Waals surface area contributed by atoms with Crippen molar-refractivity contribution in [3.05, 3.63) is 24.4 Å². The third-order valence-corrected chi connectivity index (χ3v) is 2.35. The minimum Gasteiger partial charge on any atom is -0.476 e. The van der Waals surface area contributed by atoms with Crippen LogP contribution in [0.15, 0.2) is 18.3 Å². The molecule has 1 saturated heterocycles. The molecule has 0 amide bonds. The number of hydrogen-bond donors (Lipinski definition) is 0. The molecule has 2 heterocycles. The highest BCUT2D eigenvalue weighted by Crippen LogP contribution is 2.03. The Morgan fingerprint density at radius 3 is 3.07 bits per heavy atom. The Bertz CT molecular complexity index is 273. The summed E-state index contributed by atoms with van der Waals surface area (Å²) >= 11 is 0. The zero-order chi connectivity index (χ0) is 10.3. The quantitative estimate of drug-likeness (QED) is 0.724. The van der Waals surface area contributed by atoms with Crippen LogP contribution in [0.1, 0.15) is 0 Å². The Hall–Kier alpha value is -1.13. The van der Waals surface area contributed by atoms with Crippen molar-refractivity contribution in [1.29, 1.82) is 0 Å². The summed E-state index contributed by atoms with van der Waals surface area (Å²) in [5.41, 5.74) is 0. The van der Waals surface area contributed by atoms with Gasteiger partial charge in [-0.25, -0.2) is 4.98 Å². The predicted octanol–water partition coefficient (Wildman–Crippen LogP) is 0.593. The number of pyridine rings is 1. The lowest BCUT2D eigenvalue weighted by Gasteiger charge is -2.26. The van der Waals surface area contributed by atoms with E-state index in [-0.39, 0.29) is 0 Å².